The molecule has 1 N–H and O–H groups in total. The number of nitrogens with one attached hydrogen (secondary N) is 1. The molecule has 0 saturated carbocycles. The molecule has 0 aliphatic heterocycles. The van der Waals surface area contributed by atoms with Gasteiger partial charge in [0.2, 0.25) is 0 Å². The molecule has 0 aromatic carbocycles. The quantitative estimate of drug-likeness (QED) is 0.898. The fourth-order valence-corrected chi connectivity index (χ4v) is 1.32. The second-order valence-electron chi connectivity index (χ2n) is 2.92. The minimum absolute atomic E-state index is 0.127. The smallest absolute Gasteiger partial charge is 0.292 e. The van der Waals surface area contributed by atoms with E-state index in [0.29, 0.717) is 10.8 Å². The van der Waals surface area contributed by atoms with Crippen molar-refractivity contribution in [2.24, 2.45) is 0 Å². The van der Waals surface area contributed by atoms with Crippen LogP contribution in [0, 0.1) is 0 Å². The summed E-state index contributed by atoms with van der Waals surface area (Å²) >= 11 is 11.2. The molecule has 0 aliphatic rings. The Balaban J connectivity index is 2.10. The van der Waals surface area contributed by atoms with Gasteiger partial charge in [0, 0.05) is 6.20 Å². The van der Waals surface area contributed by atoms with Gasteiger partial charge in [0.1, 0.15) is 5.82 Å². The van der Waals surface area contributed by atoms with Crippen LogP contribution in [-0.2, 0) is 0 Å². The number of nitrogens with zero attached hydrogens (tertiary/aromatic N) is 1. The van der Waals surface area contributed by atoms with Crippen LogP contribution in [0.15, 0.2) is 34.9 Å². The van der Waals surface area contributed by atoms with Crippen LogP contribution < -0.4 is 5.32 Å². The van der Waals surface area contributed by atoms with Crippen LogP contribution in [0.2, 0.25) is 10.2 Å². The van der Waals surface area contributed by atoms with Gasteiger partial charge in [0.25, 0.3) is 5.91 Å². The molecule has 2 aromatic rings. The zero-order valence-corrected chi connectivity index (χ0v) is 9.42. The van der Waals surface area contributed by atoms with Crippen molar-refractivity contribution in [3.05, 3.63) is 46.5 Å². The van der Waals surface area contributed by atoms with E-state index in [0.717, 1.165) is 0 Å². The van der Waals surface area contributed by atoms with Gasteiger partial charge in [-0.15, -0.1) is 0 Å². The average Bonchev–Trinajstić information content (AvgIpc) is 2.68. The van der Waals surface area contributed by atoms with Gasteiger partial charge in [-0.1, -0.05) is 11.6 Å². The van der Waals surface area contributed by atoms with Crippen molar-refractivity contribution in [1.82, 2.24) is 4.98 Å². The summed E-state index contributed by atoms with van der Waals surface area (Å²) in [5.41, 5.74) is 0. The third-order valence-corrected chi connectivity index (χ3v) is 2.19. The van der Waals surface area contributed by atoms with Crippen molar-refractivity contribution < 1.29 is 9.21 Å². The van der Waals surface area contributed by atoms with Gasteiger partial charge in [-0.05, 0) is 35.9 Å². The molecule has 4 nitrogen and oxygen atoms in total. The first kappa shape index (κ1) is 11.0. The van der Waals surface area contributed by atoms with Gasteiger partial charge < -0.3 is 9.73 Å². The lowest BCUT2D eigenvalue weighted by Gasteiger charge is -2.01. The highest BCUT2D eigenvalue weighted by atomic mass is 35.5. The van der Waals surface area contributed by atoms with Crippen LogP contribution in [-0.4, -0.2) is 10.9 Å². The summed E-state index contributed by atoms with van der Waals surface area (Å²) in [7, 11) is 0. The van der Waals surface area contributed by atoms with Crippen LogP contribution in [0.1, 0.15) is 10.6 Å². The lowest BCUT2D eigenvalue weighted by atomic mass is 10.4. The van der Waals surface area contributed by atoms with Crippen molar-refractivity contribution in [2.75, 3.05) is 5.32 Å². The summed E-state index contributed by atoms with van der Waals surface area (Å²) in [6.45, 7) is 0. The summed E-state index contributed by atoms with van der Waals surface area (Å²) in [4.78, 5) is 15.5. The highest BCUT2D eigenvalue weighted by Crippen LogP contribution is 2.15. The van der Waals surface area contributed by atoms with Crippen molar-refractivity contribution in [3.8, 4) is 0 Å². The molecule has 2 rings (SSSR count). The van der Waals surface area contributed by atoms with Crippen molar-refractivity contribution in [1.29, 1.82) is 0 Å². The first-order valence-electron chi connectivity index (χ1n) is 4.33. The summed E-state index contributed by atoms with van der Waals surface area (Å²) in [6, 6.07) is 6.18. The zero-order valence-electron chi connectivity index (χ0n) is 7.91. The van der Waals surface area contributed by atoms with Crippen LogP contribution in [0.3, 0.4) is 0 Å². The molecule has 2 aromatic heterocycles. The predicted octanol–water partition coefficient (Wildman–Crippen LogP) is 3.23. The summed E-state index contributed by atoms with van der Waals surface area (Å²) in [5, 5.41) is 3.20. The summed E-state index contributed by atoms with van der Waals surface area (Å²) < 4.78 is 4.94. The molecule has 0 spiro atoms. The minimum Gasteiger partial charge on any atom is -0.440 e. The molecule has 2 heterocycles. The largest absolute Gasteiger partial charge is 0.440 e. The van der Waals surface area contributed by atoms with E-state index in [2.05, 4.69) is 10.3 Å². The first-order valence-corrected chi connectivity index (χ1v) is 5.09. The van der Waals surface area contributed by atoms with E-state index < -0.39 is 5.91 Å². The minimum atomic E-state index is -0.415. The standard InChI is InChI=1S/C10H6Cl2N2O2/c11-6-1-4-9(13-5-6)14-10(15)7-2-3-8(12)16-7/h1-5H,(H,13,14,15). The first-order chi connectivity index (χ1) is 7.65. The maximum absolute atomic E-state index is 11.6. The SMILES string of the molecule is O=C(Nc1ccc(Cl)cn1)c1ccc(Cl)o1. The monoisotopic (exact) mass is 256 g/mol. The van der Waals surface area contributed by atoms with E-state index in [4.69, 9.17) is 27.6 Å². The number of hydrogen-bond donors (Lipinski definition) is 1. The Hall–Kier alpha value is -1.52. The molecule has 6 heteroatoms. The third kappa shape index (κ3) is 2.53. The maximum atomic E-state index is 11.6. The third-order valence-electron chi connectivity index (χ3n) is 1.77. The van der Waals surface area contributed by atoms with Crippen LogP contribution in [0.4, 0.5) is 5.82 Å². The number of carbonyl (C=O) groups is 1. The molecule has 0 saturated heterocycles. The van der Waals surface area contributed by atoms with Crippen molar-refractivity contribution in [2.45, 2.75) is 0 Å². The maximum Gasteiger partial charge on any atom is 0.292 e. The molecule has 0 atom stereocenters. The van der Waals surface area contributed by atoms with Gasteiger partial charge in [0.05, 0.1) is 5.02 Å². The Bertz CT molecular complexity index is 508. The molecule has 82 valence electrons. The van der Waals surface area contributed by atoms with Crippen LogP contribution in [0.25, 0.3) is 0 Å². The van der Waals surface area contributed by atoms with Crippen LogP contribution in [0.5, 0.6) is 0 Å². The molecule has 0 aliphatic carbocycles. The number of furan rings is 1. The molecule has 0 unspecified atom stereocenters. The van der Waals surface area contributed by atoms with Gasteiger partial charge >= 0.3 is 0 Å². The lowest BCUT2D eigenvalue weighted by molar-refractivity contribution is 0.0996. The average molecular weight is 257 g/mol. The summed E-state index contributed by atoms with van der Waals surface area (Å²) in [6.07, 6.45) is 1.44. The number of amides is 1. The Labute approximate surface area is 101 Å². The number of aromatic nitrogens is 1. The fraction of sp³-hybridized carbons (Fsp3) is 0. The number of rotatable bonds is 2. The molecular weight excluding hydrogens is 251 g/mol. The number of hydrogen-bond acceptors (Lipinski definition) is 3. The van der Waals surface area contributed by atoms with E-state index in [1.165, 1.54) is 18.3 Å². The van der Waals surface area contributed by atoms with Crippen LogP contribution >= 0.6 is 23.2 Å². The number of carbonyl (C=O) groups excluding carboxylic acids is 1. The zero-order chi connectivity index (χ0) is 11.5. The Morgan fingerprint density at radius 3 is 2.62 bits per heavy atom. The Morgan fingerprint density at radius 1 is 1.25 bits per heavy atom. The Kier molecular flexibility index (Phi) is 3.12. The number of pyridine rings is 1. The van der Waals surface area contributed by atoms with E-state index in [-0.39, 0.29) is 11.0 Å². The molecule has 0 bridgehead atoms. The second kappa shape index (κ2) is 4.55. The molecule has 0 fully saturated rings. The Morgan fingerprint density at radius 2 is 2.06 bits per heavy atom. The van der Waals surface area contributed by atoms with E-state index in [9.17, 15) is 4.79 Å². The van der Waals surface area contributed by atoms with Gasteiger partial charge in [-0.3, -0.25) is 4.79 Å². The summed E-state index contributed by atoms with van der Waals surface area (Å²) in [5.74, 6) is 0.102. The van der Waals surface area contributed by atoms with Gasteiger partial charge in [0.15, 0.2) is 11.0 Å². The normalized spacial score (nSPS) is 10.1. The van der Waals surface area contributed by atoms with Crippen molar-refractivity contribution in [3.63, 3.8) is 0 Å². The van der Waals surface area contributed by atoms with E-state index in [1.807, 2.05) is 0 Å². The van der Waals surface area contributed by atoms with Gasteiger partial charge in [-0.2, -0.15) is 0 Å². The van der Waals surface area contributed by atoms with Gasteiger partial charge in [-0.25, -0.2) is 4.98 Å². The lowest BCUT2D eigenvalue weighted by Crippen LogP contribution is -2.11. The van der Waals surface area contributed by atoms with E-state index >= 15 is 0 Å². The molecule has 16 heavy (non-hydrogen) atoms. The molecule has 1 amide bonds. The second-order valence-corrected chi connectivity index (χ2v) is 3.73. The highest BCUT2D eigenvalue weighted by Gasteiger charge is 2.10. The predicted molar refractivity (Wildman–Crippen MR) is 60.9 cm³/mol. The highest BCUT2D eigenvalue weighted by molar-refractivity contribution is 6.30. The van der Waals surface area contributed by atoms with E-state index in [1.54, 1.807) is 12.1 Å². The number of anilines is 1. The molecular formula is C10H6Cl2N2O2. The molecule has 0 radical (unpaired) electrons. The topological polar surface area (TPSA) is 55.1 Å². The van der Waals surface area contributed by atoms with Crippen molar-refractivity contribution >= 4 is 34.9 Å². The fourth-order valence-electron chi connectivity index (χ4n) is 1.06. The number of halogens is 2.